The molecule has 0 spiro atoms. The van der Waals surface area contributed by atoms with Gasteiger partial charge in [-0.2, -0.15) is 0 Å². The Hall–Kier alpha value is -2.84. The van der Waals surface area contributed by atoms with E-state index in [4.69, 9.17) is 14.6 Å². The molecule has 0 saturated carbocycles. The minimum absolute atomic E-state index is 0.101. The van der Waals surface area contributed by atoms with Crippen LogP contribution in [-0.4, -0.2) is 39.4 Å². The van der Waals surface area contributed by atoms with Gasteiger partial charge >= 0.3 is 0 Å². The molecule has 2 aromatic carbocycles. The maximum absolute atomic E-state index is 14.4. The number of aliphatic hydroxyl groups is 1. The predicted octanol–water partition coefficient (Wildman–Crippen LogP) is 4.51. The monoisotopic (exact) mass is 413 g/mol. The van der Waals surface area contributed by atoms with E-state index in [1.165, 1.54) is 17.4 Å². The fourth-order valence-corrected chi connectivity index (χ4v) is 4.01. The summed E-state index contributed by atoms with van der Waals surface area (Å²) in [5.74, 6) is 0.0668. The zero-order valence-corrected chi connectivity index (χ0v) is 17.1. The van der Waals surface area contributed by atoms with Crippen LogP contribution in [0.5, 0.6) is 11.6 Å². The van der Waals surface area contributed by atoms with Gasteiger partial charge in [0.1, 0.15) is 11.1 Å². The molecule has 1 N–H and O–H groups in total. The van der Waals surface area contributed by atoms with Gasteiger partial charge in [0, 0.05) is 17.7 Å². The fourth-order valence-electron chi connectivity index (χ4n) is 3.02. The SMILES string of the molecule is CCOc1cnc2c(-c3nc4cc(F)c(O[C@@H](C)CO)cc4s3)cc(C)cc2n1. The summed E-state index contributed by atoms with van der Waals surface area (Å²) in [4.78, 5) is 13.7. The topological polar surface area (TPSA) is 77.4 Å². The van der Waals surface area contributed by atoms with Gasteiger partial charge in [-0.05, 0) is 38.5 Å². The molecular weight excluding hydrogens is 393 g/mol. The number of hydrogen-bond acceptors (Lipinski definition) is 7. The van der Waals surface area contributed by atoms with E-state index in [0.29, 0.717) is 23.5 Å². The summed E-state index contributed by atoms with van der Waals surface area (Å²) in [6.07, 6.45) is 1.10. The van der Waals surface area contributed by atoms with Crippen LogP contribution in [-0.2, 0) is 0 Å². The zero-order chi connectivity index (χ0) is 20.5. The standard InChI is InChI=1S/C21H20FN3O3S/c1-4-27-19-9-23-20-13(5-11(2)6-16(20)24-19)21-25-15-7-14(22)17(8-18(15)29-21)28-12(3)10-26/h5-9,12,26H,4,10H2,1-3H3/t12-/m0/s1. The van der Waals surface area contributed by atoms with Gasteiger partial charge in [0.05, 0.1) is 40.7 Å². The molecule has 0 amide bonds. The molecule has 6 nitrogen and oxygen atoms in total. The van der Waals surface area contributed by atoms with Crippen molar-refractivity contribution in [1.82, 2.24) is 15.0 Å². The van der Waals surface area contributed by atoms with Crippen LogP contribution in [0, 0.1) is 12.7 Å². The van der Waals surface area contributed by atoms with Crippen molar-refractivity contribution in [3.8, 4) is 22.2 Å². The largest absolute Gasteiger partial charge is 0.485 e. The van der Waals surface area contributed by atoms with Gasteiger partial charge in [-0.25, -0.2) is 19.3 Å². The Morgan fingerprint density at radius 1 is 1.17 bits per heavy atom. The first kappa shape index (κ1) is 19.5. The molecule has 0 unspecified atom stereocenters. The molecular formula is C21H20FN3O3S. The van der Waals surface area contributed by atoms with Crippen molar-refractivity contribution in [3.63, 3.8) is 0 Å². The third-order valence-corrected chi connectivity index (χ3v) is 5.37. The summed E-state index contributed by atoms with van der Waals surface area (Å²) in [5, 5.41) is 9.88. The number of thiazole rings is 1. The predicted molar refractivity (Wildman–Crippen MR) is 111 cm³/mol. The Bertz CT molecular complexity index is 1190. The third-order valence-electron chi connectivity index (χ3n) is 4.32. The fraction of sp³-hybridized carbons (Fsp3) is 0.286. The lowest BCUT2D eigenvalue weighted by molar-refractivity contribution is 0.125. The van der Waals surface area contributed by atoms with Crippen molar-refractivity contribution in [2.24, 2.45) is 0 Å². The van der Waals surface area contributed by atoms with E-state index in [-0.39, 0.29) is 12.4 Å². The van der Waals surface area contributed by atoms with Crippen LogP contribution in [0.4, 0.5) is 4.39 Å². The van der Waals surface area contributed by atoms with Crippen LogP contribution in [0.2, 0.25) is 0 Å². The number of aromatic nitrogens is 3. The summed E-state index contributed by atoms with van der Waals surface area (Å²) in [6, 6.07) is 6.92. The highest BCUT2D eigenvalue weighted by molar-refractivity contribution is 7.21. The van der Waals surface area contributed by atoms with Crippen LogP contribution < -0.4 is 9.47 Å². The first-order valence-corrected chi connectivity index (χ1v) is 10.1. The lowest BCUT2D eigenvalue weighted by Crippen LogP contribution is -2.16. The molecule has 2 aromatic heterocycles. The smallest absolute Gasteiger partial charge is 0.232 e. The number of hydrogen-bond donors (Lipinski definition) is 1. The molecule has 4 aromatic rings. The normalized spacial score (nSPS) is 12.4. The molecule has 150 valence electrons. The van der Waals surface area contributed by atoms with Crippen LogP contribution in [0.15, 0.2) is 30.5 Å². The summed E-state index contributed by atoms with van der Waals surface area (Å²) in [6.45, 7) is 5.88. The van der Waals surface area contributed by atoms with Crippen molar-refractivity contribution >= 4 is 32.6 Å². The molecule has 0 bridgehead atoms. The van der Waals surface area contributed by atoms with E-state index in [0.717, 1.165) is 26.4 Å². The molecule has 8 heteroatoms. The molecule has 0 aliphatic rings. The lowest BCUT2D eigenvalue weighted by atomic mass is 10.1. The highest BCUT2D eigenvalue weighted by Crippen LogP contribution is 2.37. The first-order chi connectivity index (χ1) is 14.0. The van der Waals surface area contributed by atoms with Gasteiger partial charge in [0.2, 0.25) is 5.88 Å². The Labute approximate surface area is 171 Å². The van der Waals surface area contributed by atoms with E-state index in [1.54, 1.807) is 19.2 Å². The number of nitrogens with zero attached hydrogens (tertiary/aromatic N) is 3. The van der Waals surface area contributed by atoms with E-state index >= 15 is 0 Å². The summed E-state index contributed by atoms with van der Waals surface area (Å²) in [7, 11) is 0. The van der Waals surface area contributed by atoms with Gasteiger partial charge in [-0.3, -0.25) is 0 Å². The lowest BCUT2D eigenvalue weighted by Gasteiger charge is -2.12. The second-order valence-corrected chi connectivity index (χ2v) is 7.73. The van der Waals surface area contributed by atoms with Gasteiger partial charge in [0.15, 0.2) is 11.6 Å². The minimum Gasteiger partial charge on any atom is -0.485 e. The molecule has 1 atom stereocenters. The number of ether oxygens (including phenoxy) is 2. The van der Waals surface area contributed by atoms with Gasteiger partial charge < -0.3 is 14.6 Å². The first-order valence-electron chi connectivity index (χ1n) is 9.26. The summed E-state index contributed by atoms with van der Waals surface area (Å²) < 4.78 is 26.1. The Morgan fingerprint density at radius 2 is 2.00 bits per heavy atom. The van der Waals surface area contributed by atoms with E-state index in [2.05, 4.69) is 15.0 Å². The molecule has 4 rings (SSSR count). The van der Waals surface area contributed by atoms with Gasteiger partial charge in [0.25, 0.3) is 0 Å². The maximum Gasteiger partial charge on any atom is 0.232 e. The molecule has 0 saturated heterocycles. The molecule has 0 aliphatic carbocycles. The number of aliphatic hydroxyl groups excluding tert-OH is 1. The average Bonchev–Trinajstić information content (AvgIpc) is 3.10. The number of benzene rings is 2. The molecule has 2 heterocycles. The van der Waals surface area contributed by atoms with Crippen LogP contribution in [0.1, 0.15) is 19.4 Å². The molecule has 29 heavy (non-hydrogen) atoms. The average molecular weight is 413 g/mol. The molecule has 0 aliphatic heterocycles. The van der Waals surface area contributed by atoms with Crippen molar-refractivity contribution in [3.05, 3.63) is 41.8 Å². The van der Waals surface area contributed by atoms with Gasteiger partial charge in [-0.1, -0.05) is 0 Å². The number of halogens is 1. The van der Waals surface area contributed by atoms with Crippen molar-refractivity contribution in [2.45, 2.75) is 26.9 Å². The number of fused-ring (bicyclic) bond motifs is 2. The van der Waals surface area contributed by atoms with E-state index in [9.17, 15) is 4.39 Å². The number of rotatable bonds is 6. The Kier molecular flexibility index (Phi) is 5.29. The quantitative estimate of drug-likeness (QED) is 0.501. The van der Waals surface area contributed by atoms with Gasteiger partial charge in [-0.15, -0.1) is 11.3 Å². The maximum atomic E-state index is 14.4. The van der Waals surface area contributed by atoms with Crippen molar-refractivity contribution in [2.75, 3.05) is 13.2 Å². The molecule has 0 fully saturated rings. The Morgan fingerprint density at radius 3 is 2.76 bits per heavy atom. The van der Waals surface area contributed by atoms with Crippen LogP contribution in [0.25, 0.3) is 31.8 Å². The number of aryl methyl sites for hydroxylation is 1. The van der Waals surface area contributed by atoms with Crippen LogP contribution in [0.3, 0.4) is 0 Å². The highest BCUT2D eigenvalue weighted by Gasteiger charge is 2.16. The van der Waals surface area contributed by atoms with Crippen LogP contribution >= 0.6 is 11.3 Å². The van der Waals surface area contributed by atoms with E-state index in [1.807, 2.05) is 26.0 Å². The summed E-state index contributed by atoms with van der Waals surface area (Å²) in [5.41, 5.74) is 3.83. The highest BCUT2D eigenvalue weighted by atomic mass is 32.1. The zero-order valence-electron chi connectivity index (χ0n) is 16.3. The molecule has 0 radical (unpaired) electrons. The minimum atomic E-state index is -0.509. The second-order valence-electron chi connectivity index (χ2n) is 6.70. The second kappa shape index (κ2) is 7.88. The van der Waals surface area contributed by atoms with E-state index < -0.39 is 11.9 Å². The van der Waals surface area contributed by atoms with Crippen molar-refractivity contribution < 1.29 is 19.0 Å². The third kappa shape index (κ3) is 3.86. The van der Waals surface area contributed by atoms with Crippen molar-refractivity contribution in [1.29, 1.82) is 0 Å². The Balaban J connectivity index is 1.82. The summed E-state index contributed by atoms with van der Waals surface area (Å²) >= 11 is 1.43.